The lowest BCUT2D eigenvalue weighted by Gasteiger charge is -2.06. The minimum absolute atomic E-state index is 0.371. The van der Waals surface area contributed by atoms with Crippen molar-refractivity contribution in [2.24, 2.45) is 0 Å². The van der Waals surface area contributed by atoms with Crippen LogP contribution in [0.15, 0.2) is 24.5 Å². The van der Waals surface area contributed by atoms with Gasteiger partial charge in [0.1, 0.15) is 6.10 Å². The molecule has 84 valence electrons. The van der Waals surface area contributed by atoms with Gasteiger partial charge in [-0.2, -0.15) is 0 Å². The Hall–Kier alpha value is -1.88. The van der Waals surface area contributed by atoms with Crippen molar-refractivity contribution in [3.8, 4) is 0 Å². The predicted octanol–water partition coefficient (Wildman–Crippen LogP) is 0.560. The molecule has 3 N–H and O–H groups in total. The van der Waals surface area contributed by atoms with Crippen molar-refractivity contribution in [2.75, 3.05) is 0 Å². The quantitative estimate of drug-likeness (QED) is 0.705. The molecule has 0 fully saturated rings. The third-order valence-corrected chi connectivity index (χ3v) is 2.33. The minimum Gasteiger partial charge on any atom is -0.384 e. The Kier molecular flexibility index (Phi) is 2.87. The topological polar surface area (TPSA) is 78.0 Å². The van der Waals surface area contributed by atoms with Crippen LogP contribution in [0.3, 0.4) is 0 Å². The van der Waals surface area contributed by atoms with Crippen molar-refractivity contribution in [3.05, 3.63) is 30.1 Å². The molecule has 0 saturated carbocycles. The summed E-state index contributed by atoms with van der Waals surface area (Å²) >= 11 is 0. The van der Waals surface area contributed by atoms with Gasteiger partial charge in [0.05, 0.1) is 17.4 Å². The van der Waals surface area contributed by atoms with Crippen LogP contribution in [0.2, 0.25) is 0 Å². The number of nitrogens with zero attached hydrogens (tertiary/aromatic N) is 1. The lowest BCUT2D eigenvalue weighted by Crippen LogP contribution is -2.31. The largest absolute Gasteiger partial charge is 0.384 e. The van der Waals surface area contributed by atoms with Crippen LogP contribution in [-0.4, -0.2) is 27.1 Å². The molecule has 2 rings (SSSR count). The van der Waals surface area contributed by atoms with E-state index in [9.17, 15) is 4.79 Å². The first-order valence-electron chi connectivity index (χ1n) is 5.04. The molecule has 1 aromatic heterocycles. The van der Waals surface area contributed by atoms with Crippen LogP contribution < -0.4 is 5.32 Å². The standard InChI is InChI=1S/C11H13N3O2/c1-7(15)11(16)12-5-8-2-3-9-10(4-8)14-6-13-9/h2-4,6-7,15H,5H2,1H3,(H,12,16)(H,13,14). The molecule has 1 amide bonds. The average molecular weight is 219 g/mol. The first kappa shape index (κ1) is 10.6. The Morgan fingerprint density at radius 2 is 2.44 bits per heavy atom. The van der Waals surface area contributed by atoms with Crippen molar-refractivity contribution in [1.82, 2.24) is 15.3 Å². The Morgan fingerprint density at radius 1 is 1.62 bits per heavy atom. The Morgan fingerprint density at radius 3 is 3.19 bits per heavy atom. The summed E-state index contributed by atoms with van der Waals surface area (Å²) in [5.41, 5.74) is 2.79. The van der Waals surface area contributed by atoms with E-state index < -0.39 is 6.10 Å². The van der Waals surface area contributed by atoms with Crippen molar-refractivity contribution in [1.29, 1.82) is 0 Å². The molecule has 0 saturated heterocycles. The van der Waals surface area contributed by atoms with Crippen LogP contribution in [-0.2, 0) is 11.3 Å². The highest BCUT2D eigenvalue weighted by atomic mass is 16.3. The monoisotopic (exact) mass is 219 g/mol. The molecule has 1 unspecified atom stereocenters. The van der Waals surface area contributed by atoms with Gasteiger partial charge in [-0.15, -0.1) is 0 Å². The number of carbonyl (C=O) groups is 1. The SMILES string of the molecule is CC(O)C(=O)NCc1ccc2nc[nH]c2c1. The van der Waals surface area contributed by atoms with Gasteiger partial charge in [-0.3, -0.25) is 4.79 Å². The molecular weight excluding hydrogens is 206 g/mol. The molecule has 0 spiro atoms. The maximum atomic E-state index is 11.1. The molecule has 0 radical (unpaired) electrons. The molecule has 0 aliphatic carbocycles. The summed E-state index contributed by atoms with van der Waals surface area (Å²) in [6, 6.07) is 5.70. The van der Waals surface area contributed by atoms with Gasteiger partial charge in [0.2, 0.25) is 5.91 Å². The first-order chi connectivity index (χ1) is 7.66. The molecule has 5 nitrogen and oxygen atoms in total. The fourth-order valence-corrected chi connectivity index (χ4v) is 1.43. The van der Waals surface area contributed by atoms with Gasteiger partial charge in [-0.1, -0.05) is 6.07 Å². The summed E-state index contributed by atoms with van der Waals surface area (Å²) in [6.45, 7) is 1.84. The Labute approximate surface area is 92.5 Å². The highest BCUT2D eigenvalue weighted by Crippen LogP contribution is 2.11. The molecule has 0 aliphatic rings. The fourth-order valence-electron chi connectivity index (χ4n) is 1.43. The zero-order chi connectivity index (χ0) is 11.5. The maximum absolute atomic E-state index is 11.1. The number of imidazole rings is 1. The summed E-state index contributed by atoms with van der Waals surface area (Å²) in [4.78, 5) is 18.2. The molecular formula is C11H13N3O2. The van der Waals surface area contributed by atoms with Crippen molar-refractivity contribution in [2.45, 2.75) is 19.6 Å². The highest BCUT2D eigenvalue weighted by molar-refractivity contribution is 5.80. The summed E-state index contributed by atoms with van der Waals surface area (Å²) in [5, 5.41) is 11.6. The second kappa shape index (κ2) is 4.32. The minimum atomic E-state index is -0.976. The molecule has 16 heavy (non-hydrogen) atoms. The van der Waals surface area contributed by atoms with E-state index in [4.69, 9.17) is 5.11 Å². The number of rotatable bonds is 3. The second-order valence-electron chi connectivity index (χ2n) is 3.65. The summed E-state index contributed by atoms with van der Waals surface area (Å²) in [5.74, 6) is -0.371. The third kappa shape index (κ3) is 2.20. The van der Waals surface area contributed by atoms with E-state index in [1.54, 1.807) is 6.33 Å². The smallest absolute Gasteiger partial charge is 0.248 e. The van der Waals surface area contributed by atoms with Gasteiger partial charge in [0.15, 0.2) is 0 Å². The lowest BCUT2D eigenvalue weighted by molar-refractivity contribution is -0.128. The number of aromatic amines is 1. The molecule has 0 aliphatic heterocycles. The van der Waals surface area contributed by atoms with E-state index in [1.807, 2.05) is 18.2 Å². The summed E-state index contributed by atoms with van der Waals surface area (Å²) in [6.07, 6.45) is 0.652. The van der Waals surface area contributed by atoms with Crippen molar-refractivity contribution >= 4 is 16.9 Å². The Balaban J connectivity index is 2.06. The third-order valence-electron chi connectivity index (χ3n) is 2.33. The molecule has 0 bridgehead atoms. The van der Waals surface area contributed by atoms with Crippen LogP contribution in [0.1, 0.15) is 12.5 Å². The number of hydrogen-bond donors (Lipinski definition) is 3. The average Bonchev–Trinajstić information content (AvgIpc) is 2.72. The van der Waals surface area contributed by atoms with E-state index in [0.717, 1.165) is 16.6 Å². The molecule has 1 heterocycles. The maximum Gasteiger partial charge on any atom is 0.248 e. The zero-order valence-corrected chi connectivity index (χ0v) is 8.90. The second-order valence-corrected chi connectivity index (χ2v) is 3.65. The number of benzene rings is 1. The first-order valence-corrected chi connectivity index (χ1v) is 5.04. The number of fused-ring (bicyclic) bond motifs is 1. The summed E-state index contributed by atoms with van der Waals surface area (Å²) in [7, 11) is 0. The number of aromatic nitrogens is 2. The Bertz CT molecular complexity index is 505. The van der Waals surface area contributed by atoms with Crippen molar-refractivity contribution in [3.63, 3.8) is 0 Å². The van der Waals surface area contributed by atoms with Gasteiger partial charge in [0, 0.05) is 6.54 Å². The molecule has 1 atom stereocenters. The highest BCUT2D eigenvalue weighted by Gasteiger charge is 2.07. The molecule has 2 aromatic rings. The van der Waals surface area contributed by atoms with Crippen molar-refractivity contribution < 1.29 is 9.90 Å². The van der Waals surface area contributed by atoms with E-state index in [2.05, 4.69) is 15.3 Å². The number of aliphatic hydroxyl groups is 1. The number of H-pyrrole nitrogens is 1. The fraction of sp³-hybridized carbons (Fsp3) is 0.273. The molecule has 1 aromatic carbocycles. The number of nitrogens with one attached hydrogen (secondary N) is 2. The lowest BCUT2D eigenvalue weighted by atomic mass is 10.2. The van der Waals surface area contributed by atoms with Crippen LogP contribution in [0.25, 0.3) is 11.0 Å². The van der Waals surface area contributed by atoms with Gasteiger partial charge in [-0.25, -0.2) is 4.98 Å². The van der Waals surface area contributed by atoms with Crippen LogP contribution in [0, 0.1) is 0 Å². The number of hydrogen-bond acceptors (Lipinski definition) is 3. The van der Waals surface area contributed by atoms with Gasteiger partial charge >= 0.3 is 0 Å². The van der Waals surface area contributed by atoms with Gasteiger partial charge in [-0.05, 0) is 24.6 Å². The number of carbonyl (C=O) groups excluding carboxylic acids is 1. The van der Waals surface area contributed by atoms with Crippen LogP contribution in [0.5, 0.6) is 0 Å². The van der Waals surface area contributed by atoms with Gasteiger partial charge in [0.25, 0.3) is 0 Å². The summed E-state index contributed by atoms with van der Waals surface area (Å²) < 4.78 is 0. The van der Waals surface area contributed by atoms with E-state index in [1.165, 1.54) is 6.92 Å². The molecule has 5 heteroatoms. The van der Waals surface area contributed by atoms with E-state index in [-0.39, 0.29) is 5.91 Å². The van der Waals surface area contributed by atoms with Crippen LogP contribution >= 0.6 is 0 Å². The van der Waals surface area contributed by atoms with Gasteiger partial charge < -0.3 is 15.4 Å². The van der Waals surface area contributed by atoms with E-state index in [0.29, 0.717) is 6.54 Å². The van der Waals surface area contributed by atoms with Crippen LogP contribution in [0.4, 0.5) is 0 Å². The number of amides is 1. The zero-order valence-electron chi connectivity index (χ0n) is 8.90. The number of aliphatic hydroxyl groups excluding tert-OH is 1. The predicted molar refractivity (Wildman–Crippen MR) is 59.6 cm³/mol. The normalized spacial score (nSPS) is 12.6. The van der Waals surface area contributed by atoms with E-state index >= 15 is 0 Å².